The van der Waals surface area contributed by atoms with Crippen molar-refractivity contribution in [3.63, 3.8) is 0 Å². The Morgan fingerprint density at radius 1 is 1.83 bits per heavy atom. The average molecular weight is 166 g/mol. The van der Waals surface area contributed by atoms with Crippen molar-refractivity contribution in [2.75, 3.05) is 0 Å². The van der Waals surface area contributed by atoms with Crippen LogP contribution in [0.3, 0.4) is 0 Å². The van der Waals surface area contributed by atoms with Crippen LogP contribution in [-0.4, -0.2) is 13.8 Å². The molecule has 1 unspecified atom stereocenters. The Hall–Kier alpha value is -1.06. The lowest BCUT2D eigenvalue weighted by Crippen LogP contribution is -2.03. The highest BCUT2D eigenvalue weighted by Crippen LogP contribution is 2.25. The van der Waals surface area contributed by atoms with Gasteiger partial charge in [0, 0.05) is 13.0 Å². The van der Waals surface area contributed by atoms with Gasteiger partial charge in [-0.15, -0.1) is 0 Å². The monoisotopic (exact) mass is 166 g/mol. The van der Waals surface area contributed by atoms with Crippen LogP contribution in [0.15, 0.2) is 23.7 Å². The van der Waals surface area contributed by atoms with Crippen LogP contribution in [-0.2, 0) is 9.53 Å². The third-order valence-corrected chi connectivity index (χ3v) is 1.37. The van der Waals surface area contributed by atoms with Crippen LogP contribution >= 0.6 is 0 Å². The molecule has 2 nitrogen and oxygen atoms in total. The van der Waals surface area contributed by atoms with Crippen LogP contribution < -0.4 is 0 Å². The third-order valence-electron chi connectivity index (χ3n) is 1.37. The lowest BCUT2D eigenvalue weighted by Gasteiger charge is -2.13. The normalized spacial score (nSPS) is 22.7. The summed E-state index contributed by atoms with van der Waals surface area (Å²) in [6.45, 7) is 1.26. The molecule has 1 rings (SSSR count). The fourth-order valence-electron chi connectivity index (χ4n) is 0.986. The zero-order valence-corrected chi connectivity index (χ0v) is 6.71. The van der Waals surface area contributed by atoms with Gasteiger partial charge >= 0.3 is 5.97 Å². The van der Waals surface area contributed by atoms with Gasteiger partial charge in [-0.2, -0.15) is 0 Å². The van der Waals surface area contributed by atoms with Crippen molar-refractivity contribution < 1.29 is 13.9 Å². The molecule has 0 spiro atoms. The topological polar surface area (TPSA) is 26.3 Å². The maximum atomic E-state index is 12.7. The zero-order chi connectivity index (χ0) is 9.14. The summed E-state index contributed by atoms with van der Waals surface area (Å²) in [6, 6.07) is 0. The van der Waals surface area contributed by atoms with Crippen molar-refractivity contribution in [2.45, 2.75) is 19.2 Å². The number of ether oxygens (including phenoxy) is 1. The molecule has 0 fully saturated rings. The minimum atomic E-state index is -0.473. The molecule has 0 aromatic carbocycles. The van der Waals surface area contributed by atoms with Crippen molar-refractivity contribution in [1.82, 2.24) is 0 Å². The molecule has 62 valence electrons. The SMILES string of the molecule is [B]C1C=C(OC(C)=O)C=C(F)C1. The van der Waals surface area contributed by atoms with Gasteiger partial charge in [0.2, 0.25) is 0 Å². The summed E-state index contributed by atoms with van der Waals surface area (Å²) in [5.74, 6) is -1.04. The molecule has 0 amide bonds. The van der Waals surface area contributed by atoms with Gasteiger partial charge < -0.3 is 4.74 Å². The molecule has 0 aromatic rings. The van der Waals surface area contributed by atoms with Gasteiger partial charge in [0.15, 0.2) is 0 Å². The number of halogens is 1. The lowest BCUT2D eigenvalue weighted by molar-refractivity contribution is -0.136. The molecule has 12 heavy (non-hydrogen) atoms. The third kappa shape index (κ3) is 2.53. The fraction of sp³-hybridized carbons (Fsp3) is 0.375. The van der Waals surface area contributed by atoms with Gasteiger partial charge in [0.1, 0.15) is 11.6 Å². The molecule has 1 atom stereocenters. The molecule has 0 saturated heterocycles. The standard InChI is InChI=1S/C8H8BFO2/c1-5(11)12-8-3-6(9)2-7(10)4-8/h3-4,6H,2H2,1H3. The first-order chi connectivity index (χ1) is 5.58. The van der Waals surface area contributed by atoms with E-state index in [4.69, 9.17) is 7.85 Å². The second kappa shape index (κ2) is 3.56. The first-order valence-corrected chi connectivity index (χ1v) is 3.60. The number of hydrogen-bond donors (Lipinski definition) is 0. The zero-order valence-electron chi connectivity index (χ0n) is 6.71. The van der Waals surface area contributed by atoms with Crippen LogP contribution in [0.25, 0.3) is 0 Å². The van der Waals surface area contributed by atoms with E-state index in [9.17, 15) is 9.18 Å². The summed E-state index contributed by atoms with van der Waals surface area (Å²) < 4.78 is 17.3. The van der Waals surface area contributed by atoms with Crippen LogP contribution in [0.4, 0.5) is 4.39 Å². The summed E-state index contributed by atoms with van der Waals surface area (Å²) in [4.78, 5) is 10.5. The minimum Gasteiger partial charge on any atom is -0.427 e. The second-order valence-electron chi connectivity index (χ2n) is 2.62. The first-order valence-electron chi connectivity index (χ1n) is 3.60. The van der Waals surface area contributed by atoms with Gasteiger partial charge in [-0.05, 0) is 18.3 Å². The maximum Gasteiger partial charge on any atom is 0.308 e. The van der Waals surface area contributed by atoms with Crippen molar-refractivity contribution >= 4 is 13.8 Å². The number of rotatable bonds is 1. The van der Waals surface area contributed by atoms with E-state index in [1.807, 2.05) is 0 Å². The van der Waals surface area contributed by atoms with Crippen LogP contribution in [0, 0.1) is 0 Å². The molecule has 0 saturated carbocycles. The van der Waals surface area contributed by atoms with E-state index in [0.29, 0.717) is 0 Å². The Morgan fingerprint density at radius 3 is 3.00 bits per heavy atom. The highest BCUT2D eigenvalue weighted by molar-refractivity contribution is 6.13. The number of allylic oxidation sites excluding steroid dienone is 3. The molecule has 1 aliphatic carbocycles. The smallest absolute Gasteiger partial charge is 0.308 e. The highest BCUT2D eigenvalue weighted by atomic mass is 19.1. The molecule has 0 heterocycles. The average Bonchev–Trinajstić information content (AvgIpc) is 1.81. The molecule has 0 aliphatic heterocycles. The Balaban J connectivity index is 2.69. The Kier molecular flexibility index (Phi) is 2.68. The number of hydrogen-bond acceptors (Lipinski definition) is 2. The minimum absolute atomic E-state index is 0.171. The summed E-state index contributed by atoms with van der Waals surface area (Å²) in [6.07, 6.45) is 2.86. The molecular formula is C8H8BFO2. The Bertz CT molecular complexity index is 258. The molecule has 1 aliphatic rings. The Labute approximate surface area is 71.5 Å². The summed E-state index contributed by atoms with van der Waals surface area (Å²) in [5, 5.41) is 0. The van der Waals surface area contributed by atoms with Crippen LogP contribution in [0.1, 0.15) is 13.3 Å². The predicted molar refractivity (Wildman–Crippen MR) is 43.2 cm³/mol. The van der Waals surface area contributed by atoms with Crippen molar-refractivity contribution in [3.05, 3.63) is 23.7 Å². The van der Waals surface area contributed by atoms with E-state index >= 15 is 0 Å². The summed E-state index contributed by atoms with van der Waals surface area (Å²) in [7, 11) is 5.44. The second-order valence-corrected chi connectivity index (χ2v) is 2.62. The summed E-state index contributed by atoms with van der Waals surface area (Å²) >= 11 is 0. The fourth-order valence-corrected chi connectivity index (χ4v) is 0.986. The number of esters is 1. The van der Waals surface area contributed by atoms with E-state index in [0.717, 1.165) is 0 Å². The molecular weight excluding hydrogens is 158 g/mol. The largest absolute Gasteiger partial charge is 0.427 e. The van der Waals surface area contributed by atoms with Gasteiger partial charge in [-0.1, -0.05) is 0 Å². The summed E-state index contributed by atoms with van der Waals surface area (Å²) in [5.41, 5.74) is 0. The van der Waals surface area contributed by atoms with Crippen molar-refractivity contribution in [3.8, 4) is 0 Å². The van der Waals surface area contributed by atoms with E-state index in [1.165, 1.54) is 19.1 Å². The molecule has 0 N–H and O–H groups in total. The van der Waals surface area contributed by atoms with Gasteiger partial charge in [-0.3, -0.25) is 4.79 Å². The Morgan fingerprint density at radius 2 is 2.50 bits per heavy atom. The molecule has 2 radical (unpaired) electrons. The molecule has 0 aromatic heterocycles. The first kappa shape index (κ1) is 9.04. The predicted octanol–water partition coefficient (Wildman–Crippen LogP) is 1.65. The lowest BCUT2D eigenvalue weighted by atomic mass is 9.81. The van der Waals surface area contributed by atoms with Crippen LogP contribution in [0.5, 0.6) is 0 Å². The highest BCUT2D eigenvalue weighted by Gasteiger charge is 2.12. The van der Waals surface area contributed by atoms with Gasteiger partial charge in [0.25, 0.3) is 0 Å². The number of carbonyl (C=O) groups excluding carboxylic acids is 1. The van der Waals surface area contributed by atoms with E-state index in [2.05, 4.69) is 4.74 Å². The molecule has 4 heteroatoms. The van der Waals surface area contributed by atoms with Gasteiger partial charge in [0.05, 0.1) is 7.85 Å². The van der Waals surface area contributed by atoms with E-state index in [-0.39, 0.29) is 18.0 Å². The quantitative estimate of drug-likeness (QED) is 0.437. The maximum absolute atomic E-state index is 12.7. The van der Waals surface area contributed by atoms with Gasteiger partial charge in [-0.25, -0.2) is 4.39 Å². The van der Waals surface area contributed by atoms with E-state index < -0.39 is 11.8 Å². The van der Waals surface area contributed by atoms with Crippen LogP contribution in [0.2, 0.25) is 5.82 Å². The van der Waals surface area contributed by atoms with Crippen molar-refractivity contribution in [1.29, 1.82) is 0 Å². The molecule has 0 bridgehead atoms. The number of carbonyl (C=O) groups is 1. The van der Waals surface area contributed by atoms with E-state index in [1.54, 1.807) is 0 Å². The van der Waals surface area contributed by atoms with Crippen molar-refractivity contribution in [2.24, 2.45) is 0 Å².